The van der Waals surface area contributed by atoms with Crippen LogP contribution in [0.3, 0.4) is 0 Å². The zero-order valence-corrected chi connectivity index (χ0v) is 20.5. The molecule has 1 atom stereocenters. The van der Waals surface area contributed by atoms with Crippen molar-refractivity contribution in [1.29, 1.82) is 0 Å². The minimum Gasteiger partial charge on any atom is -0.487 e. The summed E-state index contributed by atoms with van der Waals surface area (Å²) in [7, 11) is 0. The highest BCUT2D eigenvalue weighted by atomic mass is 19.1. The first-order chi connectivity index (χ1) is 18.2. The number of rotatable bonds is 7. The number of aromatic nitrogens is 1. The van der Waals surface area contributed by atoms with Crippen LogP contribution in [0.1, 0.15) is 33.9 Å². The fraction of sp³-hybridized carbons (Fsp3) is 0.310. The smallest absolute Gasteiger partial charge is 0.260 e. The van der Waals surface area contributed by atoms with Crippen LogP contribution in [-0.4, -0.2) is 55.2 Å². The second-order valence-electron chi connectivity index (χ2n) is 9.53. The first-order valence-electron chi connectivity index (χ1n) is 12.7. The first kappa shape index (κ1) is 23.8. The molecule has 6 rings (SSSR count). The summed E-state index contributed by atoms with van der Waals surface area (Å²) in [5.41, 5.74) is 5.89. The van der Waals surface area contributed by atoms with Gasteiger partial charge in [-0.1, -0.05) is 24.3 Å². The van der Waals surface area contributed by atoms with E-state index in [1.54, 1.807) is 6.07 Å². The number of nitrogens with zero attached hydrogens (tertiary/aromatic N) is 2. The molecular weight excluding hydrogens is 471 g/mol. The van der Waals surface area contributed by atoms with Crippen molar-refractivity contribution in [2.45, 2.75) is 19.1 Å². The molecule has 1 amide bonds. The highest BCUT2D eigenvalue weighted by Gasteiger charge is 2.33. The number of hydrogen-bond acceptors (Lipinski definition) is 6. The van der Waals surface area contributed by atoms with Gasteiger partial charge in [0.05, 0.1) is 18.8 Å². The number of carbonyl (C=O) groups excluding carboxylic acids is 1. The van der Waals surface area contributed by atoms with Gasteiger partial charge in [-0.05, 0) is 48.4 Å². The van der Waals surface area contributed by atoms with Crippen LogP contribution in [0.2, 0.25) is 0 Å². The van der Waals surface area contributed by atoms with Gasteiger partial charge >= 0.3 is 0 Å². The number of fused-ring (bicyclic) bond motifs is 2. The number of hydrogen-bond donors (Lipinski definition) is 2. The molecule has 3 aromatic rings. The van der Waals surface area contributed by atoms with Gasteiger partial charge in [0, 0.05) is 60.4 Å². The van der Waals surface area contributed by atoms with Crippen molar-refractivity contribution in [3.8, 4) is 0 Å². The lowest BCUT2D eigenvalue weighted by atomic mass is 9.98. The lowest BCUT2D eigenvalue weighted by Crippen LogP contribution is -2.43. The standard InChI is InChI=1S/C29H29FN4O3/c30-22-4-6-25-24(15-22)27(29(35)33-25)28-23-5-3-19(14-21(23)18-37-28)7-9-32-17-26(20-2-1-8-31-16-20)34-10-12-36-13-11-34/h1-6,8,14-16,26,32H,7,9-13,17-18H2,(H,33,35). The number of morpholine rings is 1. The van der Waals surface area contributed by atoms with Gasteiger partial charge in [0.2, 0.25) is 0 Å². The molecule has 0 spiro atoms. The van der Waals surface area contributed by atoms with Crippen molar-refractivity contribution in [2.24, 2.45) is 0 Å². The summed E-state index contributed by atoms with van der Waals surface area (Å²) < 4.78 is 25.4. The highest BCUT2D eigenvalue weighted by Crippen LogP contribution is 2.42. The van der Waals surface area contributed by atoms with Gasteiger partial charge < -0.3 is 20.1 Å². The maximum atomic E-state index is 13.9. The molecule has 37 heavy (non-hydrogen) atoms. The summed E-state index contributed by atoms with van der Waals surface area (Å²) in [6, 6.07) is 14.9. The first-order valence-corrected chi connectivity index (χ1v) is 12.7. The van der Waals surface area contributed by atoms with E-state index >= 15 is 0 Å². The van der Waals surface area contributed by atoms with Crippen LogP contribution >= 0.6 is 0 Å². The van der Waals surface area contributed by atoms with Crippen LogP contribution < -0.4 is 10.6 Å². The van der Waals surface area contributed by atoms with Gasteiger partial charge in [-0.3, -0.25) is 14.7 Å². The van der Waals surface area contributed by atoms with Crippen LogP contribution in [-0.2, 0) is 27.3 Å². The van der Waals surface area contributed by atoms with Gasteiger partial charge in [-0.15, -0.1) is 0 Å². The molecule has 7 nitrogen and oxygen atoms in total. The number of carbonyl (C=O) groups is 1. The lowest BCUT2D eigenvalue weighted by molar-refractivity contribution is -0.110. The zero-order chi connectivity index (χ0) is 25.2. The monoisotopic (exact) mass is 500 g/mol. The van der Waals surface area contributed by atoms with Gasteiger partial charge in [0.15, 0.2) is 0 Å². The minimum absolute atomic E-state index is 0.255. The number of pyridine rings is 1. The molecule has 2 aromatic carbocycles. The zero-order valence-electron chi connectivity index (χ0n) is 20.5. The Morgan fingerprint density at radius 2 is 2.00 bits per heavy atom. The van der Waals surface area contributed by atoms with Gasteiger partial charge in [-0.2, -0.15) is 0 Å². The molecule has 3 aliphatic rings. The van der Waals surface area contributed by atoms with E-state index in [-0.39, 0.29) is 17.8 Å². The quantitative estimate of drug-likeness (QED) is 0.380. The number of anilines is 1. The Morgan fingerprint density at radius 1 is 1.11 bits per heavy atom. The van der Waals surface area contributed by atoms with E-state index < -0.39 is 0 Å². The maximum Gasteiger partial charge on any atom is 0.260 e. The molecule has 3 aliphatic heterocycles. The number of amides is 1. The lowest BCUT2D eigenvalue weighted by Gasteiger charge is -2.34. The van der Waals surface area contributed by atoms with Crippen molar-refractivity contribution < 1.29 is 18.7 Å². The fourth-order valence-corrected chi connectivity index (χ4v) is 5.33. The Balaban J connectivity index is 1.13. The van der Waals surface area contributed by atoms with E-state index in [4.69, 9.17) is 9.47 Å². The molecule has 0 aliphatic carbocycles. The maximum absolute atomic E-state index is 13.9. The second kappa shape index (κ2) is 10.4. The van der Waals surface area contributed by atoms with Crippen molar-refractivity contribution >= 4 is 22.9 Å². The molecule has 1 fully saturated rings. The molecule has 2 N–H and O–H groups in total. The van der Waals surface area contributed by atoms with Crippen LogP contribution in [0.25, 0.3) is 11.3 Å². The SMILES string of the molecule is O=C1Nc2ccc(F)cc2C1=C1OCc2cc(CCNCC(c3cccnc3)N3CCOCC3)ccc21. The van der Waals surface area contributed by atoms with Crippen molar-refractivity contribution in [1.82, 2.24) is 15.2 Å². The van der Waals surface area contributed by atoms with Gasteiger partial charge in [-0.25, -0.2) is 4.39 Å². The Kier molecular flexibility index (Phi) is 6.70. The molecular formula is C29H29FN4O3. The molecule has 1 aromatic heterocycles. The Hall–Kier alpha value is -3.59. The largest absolute Gasteiger partial charge is 0.487 e. The van der Waals surface area contributed by atoms with Crippen LogP contribution in [0.15, 0.2) is 60.9 Å². The van der Waals surface area contributed by atoms with E-state index in [0.717, 1.165) is 56.9 Å². The normalized spacial score (nSPS) is 19.8. The summed E-state index contributed by atoms with van der Waals surface area (Å²) in [4.78, 5) is 19.4. The van der Waals surface area contributed by atoms with E-state index in [9.17, 15) is 9.18 Å². The third-order valence-electron chi connectivity index (χ3n) is 7.22. The van der Waals surface area contributed by atoms with E-state index in [1.807, 2.05) is 24.5 Å². The second-order valence-corrected chi connectivity index (χ2v) is 9.53. The van der Waals surface area contributed by atoms with E-state index in [0.29, 0.717) is 29.2 Å². The predicted molar refractivity (Wildman–Crippen MR) is 139 cm³/mol. The number of ether oxygens (including phenoxy) is 2. The molecule has 4 heterocycles. The molecule has 1 saturated heterocycles. The number of halogens is 1. The molecule has 0 bridgehead atoms. The average molecular weight is 501 g/mol. The number of benzene rings is 2. The van der Waals surface area contributed by atoms with E-state index in [2.05, 4.69) is 38.7 Å². The summed E-state index contributed by atoms with van der Waals surface area (Å²) in [5, 5.41) is 6.44. The topological polar surface area (TPSA) is 75.7 Å². The minimum atomic E-state index is -0.381. The Morgan fingerprint density at radius 3 is 2.84 bits per heavy atom. The van der Waals surface area contributed by atoms with Crippen molar-refractivity contribution in [2.75, 3.05) is 44.7 Å². The third kappa shape index (κ3) is 4.87. The molecule has 0 radical (unpaired) electrons. The third-order valence-corrected chi connectivity index (χ3v) is 7.22. The van der Waals surface area contributed by atoms with Crippen LogP contribution in [0.4, 0.5) is 10.1 Å². The van der Waals surface area contributed by atoms with Crippen molar-refractivity contribution in [3.05, 3.63) is 94.6 Å². The van der Waals surface area contributed by atoms with Crippen LogP contribution in [0, 0.1) is 5.82 Å². The predicted octanol–water partition coefficient (Wildman–Crippen LogP) is 3.78. The van der Waals surface area contributed by atoms with Gasteiger partial charge in [0.1, 0.15) is 18.2 Å². The van der Waals surface area contributed by atoms with Gasteiger partial charge in [0.25, 0.3) is 5.91 Å². The highest BCUT2D eigenvalue weighted by molar-refractivity contribution is 6.36. The van der Waals surface area contributed by atoms with Crippen LogP contribution in [0.5, 0.6) is 0 Å². The molecule has 8 heteroatoms. The number of nitrogens with one attached hydrogen (secondary N) is 2. The fourth-order valence-electron chi connectivity index (χ4n) is 5.33. The molecule has 190 valence electrons. The van der Waals surface area contributed by atoms with E-state index in [1.165, 1.54) is 23.3 Å². The molecule has 0 saturated carbocycles. The Labute approximate surface area is 215 Å². The summed E-state index contributed by atoms with van der Waals surface area (Å²) in [6.07, 6.45) is 4.63. The summed E-state index contributed by atoms with van der Waals surface area (Å²) >= 11 is 0. The average Bonchev–Trinajstić information content (AvgIpc) is 3.48. The summed E-state index contributed by atoms with van der Waals surface area (Å²) in [6.45, 7) is 5.42. The van der Waals surface area contributed by atoms with Crippen molar-refractivity contribution in [3.63, 3.8) is 0 Å². The molecule has 1 unspecified atom stereocenters. The Bertz CT molecular complexity index is 1340. The summed E-state index contributed by atoms with van der Waals surface area (Å²) in [5.74, 6) is -0.125.